The van der Waals surface area contributed by atoms with Gasteiger partial charge < -0.3 is 15.1 Å². The van der Waals surface area contributed by atoms with Gasteiger partial charge in [0, 0.05) is 57.0 Å². The van der Waals surface area contributed by atoms with E-state index >= 15 is 0 Å². The van der Waals surface area contributed by atoms with Crippen molar-refractivity contribution in [3.05, 3.63) is 23.8 Å². The molecule has 176 valence electrons. The Balaban J connectivity index is 1.37. The highest BCUT2D eigenvalue weighted by Crippen LogP contribution is 2.31. The first kappa shape index (κ1) is 22.2. The lowest BCUT2D eigenvalue weighted by Gasteiger charge is -2.32. The first-order valence-corrected chi connectivity index (χ1v) is 13.9. The third-order valence-electron chi connectivity index (χ3n) is 7.54. The fourth-order valence-corrected chi connectivity index (χ4v) is 7.00. The van der Waals surface area contributed by atoms with Crippen LogP contribution in [0, 0.1) is 0 Å². The molecule has 5 rings (SSSR count). The minimum Gasteiger partial charge on any atom is -0.371 e. The molecule has 4 fully saturated rings. The molecule has 8 heteroatoms. The van der Waals surface area contributed by atoms with Gasteiger partial charge in [0.05, 0.1) is 10.5 Å². The molecule has 1 amide bonds. The molecule has 32 heavy (non-hydrogen) atoms. The van der Waals surface area contributed by atoms with Crippen LogP contribution in [0.4, 0.5) is 5.69 Å². The monoisotopic (exact) mass is 460 g/mol. The minimum absolute atomic E-state index is 0.132. The third-order valence-corrected chi connectivity index (χ3v) is 9.43. The summed E-state index contributed by atoms with van der Waals surface area (Å²) in [6.45, 7) is 5.04. The second kappa shape index (κ2) is 9.31. The predicted octanol–water partition coefficient (Wildman–Crippen LogP) is 2.82. The van der Waals surface area contributed by atoms with Crippen LogP contribution in [0.2, 0.25) is 0 Å². The molecule has 3 saturated heterocycles. The normalized spacial score (nSPS) is 24.1. The summed E-state index contributed by atoms with van der Waals surface area (Å²) in [5.74, 6) is -0.132. The number of nitrogens with one attached hydrogen (secondary N) is 1. The lowest BCUT2D eigenvalue weighted by molar-refractivity contribution is 0.0909. The zero-order chi connectivity index (χ0) is 22.1. The van der Waals surface area contributed by atoms with Crippen molar-refractivity contribution in [1.29, 1.82) is 0 Å². The number of carbonyl (C=O) groups is 1. The van der Waals surface area contributed by atoms with E-state index in [-0.39, 0.29) is 16.8 Å². The van der Waals surface area contributed by atoms with Crippen LogP contribution in [0.1, 0.15) is 68.1 Å². The molecule has 1 aromatic carbocycles. The largest absolute Gasteiger partial charge is 0.371 e. The zero-order valence-electron chi connectivity index (χ0n) is 19.0. The molecule has 7 nitrogen and oxygen atoms in total. The van der Waals surface area contributed by atoms with Gasteiger partial charge in [-0.2, -0.15) is 4.31 Å². The van der Waals surface area contributed by atoms with Gasteiger partial charge in [-0.05, 0) is 69.6 Å². The number of nitrogens with zero attached hydrogens (tertiary/aromatic N) is 3. The first-order valence-electron chi connectivity index (χ1n) is 12.5. The van der Waals surface area contributed by atoms with Crippen LogP contribution in [0.25, 0.3) is 0 Å². The van der Waals surface area contributed by atoms with Crippen LogP contribution in [0.3, 0.4) is 0 Å². The van der Waals surface area contributed by atoms with Crippen molar-refractivity contribution >= 4 is 21.6 Å². The Morgan fingerprint density at radius 1 is 0.844 bits per heavy atom. The van der Waals surface area contributed by atoms with E-state index in [2.05, 4.69) is 15.1 Å². The topological polar surface area (TPSA) is 73.0 Å². The summed E-state index contributed by atoms with van der Waals surface area (Å²) in [4.78, 5) is 18.4. The molecule has 1 aliphatic carbocycles. The van der Waals surface area contributed by atoms with E-state index in [1.807, 2.05) is 6.07 Å². The number of carbonyl (C=O) groups excluding carboxylic acids is 1. The average Bonchev–Trinajstić information content (AvgIpc) is 3.53. The molecule has 1 N–H and O–H groups in total. The maximum Gasteiger partial charge on any atom is 0.253 e. The van der Waals surface area contributed by atoms with Crippen LogP contribution in [-0.2, 0) is 10.0 Å². The van der Waals surface area contributed by atoms with E-state index in [9.17, 15) is 13.2 Å². The van der Waals surface area contributed by atoms with E-state index in [4.69, 9.17) is 0 Å². The third kappa shape index (κ3) is 4.68. The second-order valence-electron chi connectivity index (χ2n) is 9.85. The van der Waals surface area contributed by atoms with Gasteiger partial charge in [0.1, 0.15) is 0 Å². The number of amides is 1. The molecule has 3 aliphatic heterocycles. The number of likely N-dealkylation sites (tertiary alicyclic amines) is 1. The highest BCUT2D eigenvalue weighted by atomic mass is 32.2. The van der Waals surface area contributed by atoms with E-state index in [1.54, 1.807) is 16.4 Å². The molecular formula is C24H36N4O3S. The van der Waals surface area contributed by atoms with Crippen LogP contribution < -0.4 is 10.2 Å². The Morgan fingerprint density at radius 2 is 1.50 bits per heavy atom. The molecule has 0 atom stereocenters. The molecule has 1 saturated carbocycles. The highest BCUT2D eigenvalue weighted by molar-refractivity contribution is 7.89. The SMILES string of the molecule is O=C(NC1CCN(C2CC2)CC1)c1cc(S(=O)(=O)N2CCCCC2)ccc1N1CCCC1. The number of rotatable bonds is 6. The van der Waals surface area contributed by atoms with Crippen molar-refractivity contribution in [2.24, 2.45) is 0 Å². The van der Waals surface area contributed by atoms with Crippen LogP contribution >= 0.6 is 0 Å². The van der Waals surface area contributed by atoms with Crippen molar-refractivity contribution in [2.45, 2.75) is 74.8 Å². The number of piperidine rings is 2. The van der Waals surface area contributed by atoms with Gasteiger partial charge in [0.15, 0.2) is 0 Å². The van der Waals surface area contributed by atoms with Crippen molar-refractivity contribution in [3.8, 4) is 0 Å². The van der Waals surface area contributed by atoms with Crippen molar-refractivity contribution in [2.75, 3.05) is 44.2 Å². The van der Waals surface area contributed by atoms with Gasteiger partial charge >= 0.3 is 0 Å². The summed E-state index contributed by atoms with van der Waals surface area (Å²) in [5.41, 5.74) is 1.38. The summed E-state index contributed by atoms with van der Waals surface area (Å²) < 4.78 is 28.1. The quantitative estimate of drug-likeness (QED) is 0.707. The van der Waals surface area contributed by atoms with Gasteiger partial charge in [-0.1, -0.05) is 6.42 Å². The van der Waals surface area contributed by atoms with E-state index in [1.165, 1.54) is 12.8 Å². The second-order valence-corrected chi connectivity index (χ2v) is 11.8. The Hall–Kier alpha value is -1.64. The molecule has 4 aliphatic rings. The molecule has 0 unspecified atom stereocenters. The van der Waals surface area contributed by atoms with Gasteiger partial charge in [0.2, 0.25) is 10.0 Å². The molecule has 0 bridgehead atoms. The number of benzene rings is 1. The first-order chi connectivity index (χ1) is 15.5. The summed E-state index contributed by atoms with van der Waals surface area (Å²) in [5, 5.41) is 3.24. The number of sulfonamides is 1. The predicted molar refractivity (Wildman–Crippen MR) is 126 cm³/mol. The van der Waals surface area contributed by atoms with Crippen molar-refractivity contribution in [3.63, 3.8) is 0 Å². The Bertz CT molecular complexity index is 927. The minimum atomic E-state index is -3.57. The molecular weight excluding hydrogens is 424 g/mol. The van der Waals surface area contributed by atoms with Gasteiger partial charge in [0.25, 0.3) is 5.91 Å². The lowest BCUT2D eigenvalue weighted by Crippen LogP contribution is -2.45. The maximum atomic E-state index is 13.4. The van der Waals surface area contributed by atoms with E-state index < -0.39 is 10.0 Å². The van der Waals surface area contributed by atoms with Crippen molar-refractivity contribution in [1.82, 2.24) is 14.5 Å². The highest BCUT2D eigenvalue weighted by Gasteiger charge is 2.33. The number of anilines is 1. The van der Waals surface area contributed by atoms with E-state index in [0.717, 1.165) is 82.9 Å². The smallest absolute Gasteiger partial charge is 0.253 e. The van der Waals surface area contributed by atoms with Crippen molar-refractivity contribution < 1.29 is 13.2 Å². The van der Waals surface area contributed by atoms with Gasteiger partial charge in [-0.25, -0.2) is 8.42 Å². The van der Waals surface area contributed by atoms with Gasteiger partial charge in [-0.3, -0.25) is 4.79 Å². The van der Waals surface area contributed by atoms with Gasteiger partial charge in [-0.15, -0.1) is 0 Å². The number of hydrogen-bond acceptors (Lipinski definition) is 5. The fraction of sp³-hybridized carbons (Fsp3) is 0.708. The summed E-state index contributed by atoms with van der Waals surface area (Å²) in [7, 11) is -3.57. The standard InChI is InChI=1S/C24H36N4O3S/c29-24(25-19-10-16-26(17-11-19)20-6-7-20)22-18-21(8-9-23(22)27-12-4-5-13-27)32(30,31)28-14-2-1-3-15-28/h8-9,18-20H,1-7,10-17H2,(H,25,29). The summed E-state index contributed by atoms with van der Waals surface area (Å²) in [6, 6.07) is 6.11. The molecule has 0 aromatic heterocycles. The molecule has 0 radical (unpaired) electrons. The van der Waals surface area contributed by atoms with E-state index in [0.29, 0.717) is 18.7 Å². The van der Waals surface area contributed by atoms with Crippen LogP contribution in [-0.4, -0.2) is 74.9 Å². The molecule has 1 aromatic rings. The lowest BCUT2D eigenvalue weighted by atomic mass is 10.0. The Morgan fingerprint density at radius 3 is 2.16 bits per heavy atom. The summed E-state index contributed by atoms with van der Waals surface area (Å²) in [6.07, 6.45) is 9.65. The van der Waals surface area contributed by atoms with Crippen LogP contribution in [0.5, 0.6) is 0 Å². The summed E-state index contributed by atoms with van der Waals surface area (Å²) >= 11 is 0. The van der Waals surface area contributed by atoms with Crippen LogP contribution in [0.15, 0.2) is 23.1 Å². The Labute approximate surface area is 192 Å². The molecule has 0 spiro atoms. The number of hydrogen-bond donors (Lipinski definition) is 1. The average molecular weight is 461 g/mol. The fourth-order valence-electron chi connectivity index (χ4n) is 5.46. The Kier molecular flexibility index (Phi) is 6.45. The maximum absolute atomic E-state index is 13.4. The molecule has 3 heterocycles. The zero-order valence-corrected chi connectivity index (χ0v) is 19.8.